The van der Waals surface area contributed by atoms with Gasteiger partial charge in [-0.05, 0) is 53.7 Å². The van der Waals surface area contributed by atoms with Gasteiger partial charge in [-0.1, -0.05) is 19.9 Å². The number of allylic oxidation sites excluding steroid dienone is 1. The molecule has 6 atom stereocenters. The maximum Gasteiger partial charge on any atom is 0.353 e. The summed E-state index contributed by atoms with van der Waals surface area (Å²) in [6.07, 6.45) is 4.73. The van der Waals surface area contributed by atoms with E-state index in [2.05, 4.69) is 0 Å². The van der Waals surface area contributed by atoms with E-state index < -0.39 is 58.4 Å². The van der Waals surface area contributed by atoms with Gasteiger partial charge in [-0.25, -0.2) is 4.79 Å². The third kappa shape index (κ3) is 3.33. The van der Waals surface area contributed by atoms with Gasteiger partial charge in [-0.2, -0.15) is 0 Å². The lowest BCUT2D eigenvalue weighted by Gasteiger charge is -2.59. The summed E-state index contributed by atoms with van der Waals surface area (Å²) < 4.78 is 16.3. The van der Waals surface area contributed by atoms with Crippen molar-refractivity contribution in [3.63, 3.8) is 0 Å². The normalized spacial score (nSPS) is 34.9. The van der Waals surface area contributed by atoms with Crippen molar-refractivity contribution in [3.8, 4) is 0 Å². The maximum absolute atomic E-state index is 13.9. The number of hydrogen-bond donors (Lipinski definition) is 1. The molecule has 34 heavy (non-hydrogen) atoms. The number of carbonyl (C=O) groups excluding carboxylic acids is 3. The van der Waals surface area contributed by atoms with Crippen LogP contribution in [-0.4, -0.2) is 28.8 Å². The van der Waals surface area contributed by atoms with E-state index in [1.54, 1.807) is 30.5 Å². The summed E-state index contributed by atoms with van der Waals surface area (Å²) in [6.45, 7) is 3.64. The van der Waals surface area contributed by atoms with Gasteiger partial charge in [0.05, 0.1) is 24.4 Å². The molecule has 6 unspecified atom stereocenters. The predicted molar refractivity (Wildman–Crippen MR) is 119 cm³/mol. The van der Waals surface area contributed by atoms with Crippen molar-refractivity contribution >= 4 is 35.0 Å². The summed E-state index contributed by atoms with van der Waals surface area (Å²) >= 11 is 1.17. The van der Waals surface area contributed by atoms with Crippen LogP contribution in [0, 0.1) is 28.6 Å². The molecule has 1 N–H and O–H groups in total. The molecular weight excluding hydrogens is 460 g/mol. The van der Waals surface area contributed by atoms with E-state index in [1.807, 2.05) is 6.92 Å². The Morgan fingerprint density at radius 3 is 2.65 bits per heavy atom. The average Bonchev–Trinajstić information content (AvgIpc) is 3.49. The van der Waals surface area contributed by atoms with Crippen LogP contribution in [0.5, 0.6) is 0 Å². The molecule has 0 radical (unpaired) electrons. The number of esters is 2. The van der Waals surface area contributed by atoms with Gasteiger partial charge in [0, 0.05) is 11.5 Å². The van der Waals surface area contributed by atoms with Crippen LogP contribution >= 0.6 is 11.3 Å². The van der Waals surface area contributed by atoms with Gasteiger partial charge < -0.3 is 19.0 Å². The van der Waals surface area contributed by atoms with Crippen LogP contribution in [0.2, 0.25) is 0 Å². The van der Waals surface area contributed by atoms with Crippen molar-refractivity contribution in [2.75, 3.05) is 0 Å². The third-order valence-electron chi connectivity index (χ3n) is 7.89. The van der Waals surface area contributed by atoms with Crippen LogP contribution in [-0.2, 0) is 23.9 Å². The molecule has 0 bridgehead atoms. The third-order valence-corrected chi connectivity index (χ3v) is 8.74. The molecular formula is C25H24O8S. The number of ketones is 1. The first kappa shape index (κ1) is 22.6. The fourth-order valence-corrected chi connectivity index (χ4v) is 6.92. The smallest absolute Gasteiger partial charge is 0.353 e. The zero-order chi connectivity index (χ0) is 24.3. The molecule has 0 amide bonds. The first-order valence-electron chi connectivity index (χ1n) is 11.1. The number of carbonyl (C=O) groups is 4. The summed E-state index contributed by atoms with van der Waals surface area (Å²) in [5.41, 5.74) is -1.17. The number of rotatable bonds is 4. The highest BCUT2D eigenvalue weighted by atomic mass is 32.1. The van der Waals surface area contributed by atoms with Crippen LogP contribution in [0.3, 0.4) is 0 Å². The second kappa shape index (κ2) is 7.94. The molecule has 2 aromatic rings. The number of thiophene rings is 1. The van der Waals surface area contributed by atoms with E-state index in [0.29, 0.717) is 29.7 Å². The van der Waals surface area contributed by atoms with E-state index in [-0.39, 0.29) is 5.76 Å². The quantitative estimate of drug-likeness (QED) is 0.635. The number of ether oxygens (including phenoxy) is 2. The SMILES string of the molecule is CC12CCC3C(=O)OC(c4ccoc4)CC3(C)C1C(=O)C(OC(=O)c1cccs1)=CC2C(=O)O. The number of cyclic esters (lactones) is 1. The molecule has 2 aliphatic carbocycles. The van der Waals surface area contributed by atoms with Crippen LogP contribution in [0.25, 0.3) is 0 Å². The second-order valence-electron chi connectivity index (χ2n) is 9.80. The van der Waals surface area contributed by atoms with E-state index >= 15 is 0 Å². The highest BCUT2D eigenvalue weighted by Gasteiger charge is 2.66. The van der Waals surface area contributed by atoms with Crippen LogP contribution < -0.4 is 0 Å². The van der Waals surface area contributed by atoms with Gasteiger partial charge in [0.2, 0.25) is 5.78 Å². The van der Waals surface area contributed by atoms with Crippen LogP contribution in [0.1, 0.15) is 54.4 Å². The molecule has 178 valence electrons. The zero-order valence-electron chi connectivity index (χ0n) is 18.7. The number of Topliss-reactive ketones (excluding diaryl/α,β-unsaturated/α-hetero) is 1. The lowest BCUT2D eigenvalue weighted by molar-refractivity contribution is -0.197. The van der Waals surface area contributed by atoms with Gasteiger partial charge in [0.15, 0.2) is 5.76 Å². The van der Waals surface area contributed by atoms with Crippen molar-refractivity contribution in [1.29, 1.82) is 0 Å². The molecule has 3 aliphatic rings. The van der Waals surface area contributed by atoms with Gasteiger partial charge in [-0.3, -0.25) is 14.4 Å². The molecule has 2 aromatic heterocycles. The molecule has 5 rings (SSSR count). The first-order chi connectivity index (χ1) is 16.1. The largest absolute Gasteiger partial charge is 0.481 e. The van der Waals surface area contributed by atoms with E-state index in [0.717, 1.165) is 0 Å². The predicted octanol–water partition coefficient (Wildman–Crippen LogP) is 4.39. The van der Waals surface area contributed by atoms with Crippen molar-refractivity contribution in [3.05, 3.63) is 58.4 Å². The Morgan fingerprint density at radius 2 is 2.00 bits per heavy atom. The highest BCUT2D eigenvalue weighted by molar-refractivity contribution is 7.12. The van der Waals surface area contributed by atoms with E-state index in [9.17, 15) is 24.3 Å². The van der Waals surface area contributed by atoms with Crippen LogP contribution in [0.4, 0.5) is 0 Å². The average molecular weight is 485 g/mol. The number of aliphatic carboxylic acids is 1. The molecule has 1 aliphatic heterocycles. The number of fused-ring (bicyclic) bond motifs is 3. The zero-order valence-corrected chi connectivity index (χ0v) is 19.5. The van der Waals surface area contributed by atoms with Gasteiger partial charge in [-0.15, -0.1) is 11.3 Å². The number of carboxylic acids is 1. The van der Waals surface area contributed by atoms with E-state index in [1.165, 1.54) is 29.9 Å². The Bertz CT molecular complexity index is 1180. The molecule has 3 heterocycles. The Labute approximate surface area is 199 Å². The van der Waals surface area contributed by atoms with E-state index in [4.69, 9.17) is 13.9 Å². The Morgan fingerprint density at radius 1 is 1.21 bits per heavy atom. The molecule has 0 spiro atoms. The molecule has 0 aromatic carbocycles. The lowest BCUT2D eigenvalue weighted by atomic mass is 9.44. The highest BCUT2D eigenvalue weighted by Crippen LogP contribution is 2.64. The number of carboxylic acid groups (broad SMARTS) is 1. The lowest BCUT2D eigenvalue weighted by Crippen LogP contribution is -2.61. The fraction of sp³-hybridized carbons (Fsp3) is 0.440. The minimum Gasteiger partial charge on any atom is -0.481 e. The van der Waals surface area contributed by atoms with Crippen molar-refractivity contribution < 1.29 is 38.2 Å². The standard InChI is InChI=1S/C25H24O8S/c1-24-7-5-14-22(29)33-17(13-6-8-31-12-13)11-25(14,2)20(24)19(26)16(10-15(24)21(27)28)32-23(30)18-4-3-9-34-18/h3-4,6,8-10,12,14-15,17,20H,5,7,11H2,1-2H3,(H,27,28). The van der Waals surface area contributed by atoms with Gasteiger partial charge in [0.1, 0.15) is 11.0 Å². The van der Waals surface area contributed by atoms with Gasteiger partial charge in [0.25, 0.3) is 0 Å². The minimum absolute atomic E-state index is 0.269. The number of furan rings is 1. The molecule has 8 nitrogen and oxygen atoms in total. The second-order valence-corrected chi connectivity index (χ2v) is 10.7. The molecule has 1 saturated carbocycles. The van der Waals surface area contributed by atoms with Crippen LogP contribution in [0.15, 0.2) is 52.4 Å². The summed E-state index contributed by atoms with van der Waals surface area (Å²) in [5.74, 6) is -5.40. The molecule has 1 saturated heterocycles. The summed E-state index contributed by atoms with van der Waals surface area (Å²) in [5, 5.41) is 11.8. The van der Waals surface area contributed by atoms with Gasteiger partial charge >= 0.3 is 17.9 Å². The maximum atomic E-state index is 13.9. The minimum atomic E-state index is -1.10. The molecule has 9 heteroatoms. The Kier molecular flexibility index (Phi) is 5.27. The summed E-state index contributed by atoms with van der Waals surface area (Å²) in [4.78, 5) is 52.3. The fourth-order valence-electron chi connectivity index (χ4n) is 6.32. The number of hydrogen-bond acceptors (Lipinski definition) is 8. The van der Waals surface area contributed by atoms with Crippen molar-refractivity contribution in [2.45, 2.75) is 39.2 Å². The summed E-state index contributed by atoms with van der Waals surface area (Å²) in [6, 6.07) is 4.97. The first-order valence-corrected chi connectivity index (χ1v) is 12.0. The molecule has 2 fully saturated rings. The Balaban J connectivity index is 1.57. The van der Waals surface area contributed by atoms with Crippen molar-refractivity contribution in [1.82, 2.24) is 0 Å². The Hall–Kier alpha value is -3.20. The summed E-state index contributed by atoms with van der Waals surface area (Å²) in [7, 11) is 0. The topological polar surface area (TPSA) is 120 Å². The monoisotopic (exact) mass is 484 g/mol. The van der Waals surface area contributed by atoms with Crippen molar-refractivity contribution in [2.24, 2.45) is 28.6 Å².